The topological polar surface area (TPSA) is 49.9 Å². The Balaban J connectivity index is 1.44. The Bertz CT molecular complexity index is 1110. The molecule has 0 spiro atoms. The van der Waals surface area contributed by atoms with Gasteiger partial charge in [-0.2, -0.15) is 0 Å². The van der Waals surface area contributed by atoms with Gasteiger partial charge < -0.3 is 14.5 Å². The fourth-order valence-corrected chi connectivity index (χ4v) is 3.73. The second-order valence-corrected chi connectivity index (χ2v) is 7.38. The molecule has 0 bridgehead atoms. The number of hydrogen-bond donors (Lipinski definition) is 0. The van der Waals surface area contributed by atoms with Crippen molar-refractivity contribution < 1.29 is 18.7 Å². The summed E-state index contributed by atoms with van der Waals surface area (Å²) in [7, 11) is 1.62. The molecule has 1 saturated heterocycles. The molecule has 1 heterocycles. The first-order valence-corrected chi connectivity index (χ1v) is 10.1. The van der Waals surface area contributed by atoms with E-state index in [1.165, 1.54) is 12.1 Å². The first kappa shape index (κ1) is 20.6. The van der Waals surface area contributed by atoms with Crippen molar-refractivity contribution in [1.29, 1.82) is 0 Å². The Hall–Kier alpha value is -3.67. The summed E-state index contributed by atoms with van der Waals surface area (Å²) in [6, 6.07) is 21.1. The summed E-state index contributed by atoms with van der Waals surface area (Å²) in [6.45, 7) is 1.55. The van der Waals surface area contributed by atoms with Crippen LogP contribution in [0.2, 0.25) is 0 Å². The fourth-order valence-electron chi connectivity index (χ4n) is 3.73. The first-order chi connectivity index (χ1) is 15.1. The van der Waals surface area contributed by atoms with Crippen molar-refractivity contribution in [2.75, 3.05) is 33.3 Å². The quantitative estimate of drug-likeness (QED) is 0.641. The van der Waals surface area contributed by atoms with Gasteiger partial charge in [-0.3, -0.25) is 9.59 Å². The molecule has 0 saturated carbocycles. The molecule has 0 aromatic heterocycles. The van der Waals surface area contributed by atoms with Gasteiger partial charge in [0.15, 0.2) is 0 Å². The molecule has 6 heteroatoms. The molecule has 31 heavy (non-hydrogen) atoms. The van der Waals surface area contributed by atoms with Crippen LogP contribution in [0.15, 0.2) is 72.8 Å². The molecule has 1 fully saturated rings. The van der Waals surface area contributed by atoms with Crippen LogP contribution in [0, 0.1) is 5.82 Å². The predicted octanol–water partition coefficient (Wildman–Crippen LogP) is 4.10. The SMILES string of the molecule is COc1cccc(-c2cccc(C(=O)N3CCN(C(=O)c4ccccc4F)CC3)c2)c1. The molecule has 0 aliphatic carbocycles. The summed E-state index contributed by atoms with van der Waals surface area (Å²) < 4.78 is 19.2. The summed E-state index contributed by atoms with van der Waals surface area (Å²) >= 11 is 0. The average molecular weight is 418 g/mol. The maximum Gasteiger partial charge on any atom is 0.256 e. The van der Waals surface area contributed by atoms with E-state index in [1.807, 2.05) is 42.5 Å². The summed E-state index contributed by atoms with van der Waals surface area (Å²) in [5.74, 6) is -0.196. The number of carbonyl (C=O) groups is 2. The van der Waals surface area contributed by atoms with E-state index in [4.69, 9.17) is 4.74 Å². The highest BCUT2D eigenvalue weighted by atomic mass is 19.1. The van der Waals surface area contributed by atoms with E-state index in [1.54, 1.807) is 35.1 Å². The van der Waals surface area contributed by atoms with Gasteiger partial charge in [0.2, 0.25) is 0 Å². The summed E-state index contributed by atoms with van der Waals surface area (Å²) in [5, 5.41) is 0. The lowest BCUT2D eigenvalue weighted by atomic mass is 10.0. The molecule has 4 rings (SSSR count). The van der Waals surface area contributed by atoms with Crippen molar-refractivity contribution >= 4 is 11.8 Å². The van der Waals surface area contributed by atoms with E-state index in [9.17, 15) is 14.0 Å². The Morgan fingerprint density at radius 2 is 1.39 bits per heavy atom. The number of methoxy groups -OCH3 is 1. The number of piperazine rings is 1. The number of halogens is 1. The van der Waals surface area contributed by atoms with E-state index in [-0.39, 0.29) is 17.4 Å². The molecular formula is C25H23FN2O3. The zero-order valence-corrected chi connectivity index (χ0v) is 17.3. The molecule has 2 amide bonds. The van der Waals surface area contributed by atoms with Crippen molar-refractivity contribution in [3.63, 3.8) is 0 Å². The van der Waals surface area contributed by atoms with Gasteiger partial charge in [-0.15, -0.1) is 0 Å². The standard InChI is InChI=1S/C25H23FN2O3/c1-31-21-9-5-7-19(17-21)18-6-4-8-20(16-18)24(29)27-12-14-28(15-13-27)25(30)22-10-2-3-11-23(22)26/h2-11,16-17H,12-15H2,1H3. The van der Waals surface area contributed by atoms with Crippen LogP contribution in [-0.2, 0) is 0 Å². The lowest BCUT2D eigenvalue weighted by molar-refractivity contribution is 0.0533. The van der Waals surface area contributed by atoms with Gasteiger partial charge in [-0.1, -0.05) is 36.4 Å². The Labute approximate surface area is 180 Å². The monoisotopic (exact) mass is 418 g/mol. The molecule has 0 unspecified atom stereocenters. The Morgan fingerprint density at radius 3 is 2.06 bits per heavy atom. The molecule has 1 aliphatic rings. The normalized spacial score (nSPS) is 13.7. The third kappa shape index (κ3) is 4.43. The fraction of sp³-hybridized carbons (Fsp3) is 0.200. The smallest absolute Gasteiger partial charge is 0.256 e. The minimum Gasteiger partial charge on any atom is -0.497 e. The number of ether oxygens (including phenoxy) is 1. The molecule has 3 aromatic carbocycles. The number of amides is 2. The van der Waals surface area contributed by atoms with Crippen LogP contribution in [0.3, 0.4) is 0 Å². The minimum absolute atomic E-state index is 0.0632. The van der Waals surface area contributed by atoms with Crippen molar-refractivity contribution in [2.45, 2.75) is 0 Å². The van der Waals surface area contributed by atoms with Gasteiger partial charge >= 0.3 is 0 Å². The first-order valence-electron chi connectivity index (χ1n) is 10.1. The van der Waals surface area contributed by atoms with Crippen molar-refractivity contribution in [3.8, 4) is 16.9 Å². The maximum atomic E-state index is 13.9. The lowest BCUT2D eigenvalue weighted by Gasteiger charge is -2.35. The zero-order valence-electron chi connectivity index (χ0n) is 17.3. The van der Waals surface area contributed by atoms with Crippen molar-refractivity contribution in [1.82, 2.24) is 9.80 Å². The third-order valence-electron chi connectivity index (χ3n) is 5.47. The second kappa shape index (κ2) is 9.00. The van der Waals surface area contributed by atoms with Crippen LogP contribution in [0.5, 0.6) is 5.75 Å². The molecule has 0 N–H and O–H groups in total. The molecule has 5 nitrogen and oxygen atoms in total. The van der Waals surface area contributed by atoms with Gasteiger partial charge in [0.1, 0.15) is 11.6 Å². The van der Waals surface area contributed by atoms with Crippen molar-refractivity contribution in [2.24, 2.45) is 0 Å². The highest BCUT2D eigenvalue weighted by Crippen LogP contribution is 2.25. The number of rotatable bonds is 4. The van der Waals surface area contributed by atoms with E-state index in [0.717, 1.165) is 16.9 Å². The number of nitrogens with zero attached hydrogens (tertiary/aromatic N) is 2. The predicted molar refractivity (Wildman–Crippen MR) is 117 cm³/mol. The number of hydrogen-bond acceptors (Lipinski definition) is 3. The molecule has 3 aromatic rings. The van der Waals surface area contributed by atoms with Gasteiger partial charge in [0.25, 0.3) is 11.8 Å². The highest BCUT2D eigenvalue weighted by Gasteiger charge is 2.26. The largest absolute Gasteiger partial charge is 0.497 e. The van der Waals surface area contributed by atoms with Gasteiger partial charge in [0.05, 0.1) is 12.7 Å². The summed E-state index contributed by atoms with van der Waals surface area (Å²) in [5.41, 5.74) is 2.55. The van der Waals surface area contributed by atoms with Crippen LogP contribution in [0.4, 0.5) is 4.39 Å². The van der Waals surface area contributed by atoms with Gasteiger partial charge in [0, 0.05) is 31.7 Å². The van der Waals surface area contributed by atoms with Crippen LogP contribution >= 0.6 is 0 Å². The van der Waals surface area contributed by atoms with E-state index in [0.29, 0.717) is 31.7 Å². The Morgan fingerprint density at radius 1 is 0.774 bits per heavy atom. The summed E-state index contributed by atoms with van der Waals surface area (Å²) in [4.78, 5) is 29.0. The minimum atomic E-state index is -0.527. The van der Waals surface area contributed by atoms with Crippen LogP contribution in [0.1, 0.15) is 20.7 Å². The maximum absolute atomic E-state index is 13.9. The highest BCUT2D eigenvalue weighted by molar-refractivity contribution is 5.97. The van der Waals surface area contributed by atoms with Crippen LogP contribution in [-0.4, -0.2) is 54.9 Å². The third-order valence-corrected chi connectivity index (χ3v) is 5.47. The zero-order chi connectivity index (χ0) is 21.8. The van der Waals surface area contributed by atoms with Gasteiger partial charge in [-0.25, -0.2) is 4.39 Å². The molecule has 158 valence electrons. The molecular weight excluding hydrogens is 395 g/mol. The molecule has 0 atom stereocenters. The number of benzene rings is 3. The van der Waals surface area contributed by atoms with E-state index >= 15 is 0 Å². The Kier molecular flexibility index (Phi) is 5.98. The van der Waals surface area contributed by atoms with E-state index in [2.05, 4.69) is 0 Å². The van der Waals surface area contributed by atoms with Crippen LogP contribution < -0.4 is 4.74 Å². The lowest BCUT2D eigenvalue weighted by Crippen LogP contribution is -2.50. The van der Waals surface area contributed by atoms with E-state index < -0.39 is 5.82 Å². The average Bonchev–Trinajstić information content (AvgIpc) is 2.83. The number of carbonyl (C=O) groups excluding carboxylic acids is 2. The van der Waals surface area contributed by atoms with Gasteiger partial charge in [-0.05, 0) is 47.5 Å². The van der Waals surface area contributed by atoms with Crippen LogP contribution in [0.25, 0.3) is 11.1 Å². The second-order valence-electron chi connectivity index (χ2n) is 7.38. The molecule has 0 radical (unpaired) electrons. The van der Waals surface area contributed by atoms with Crippen molar-refractivity contribution in [3.05, 3.63) is 89.7 Å². The molecule has 1 aliphatic heterocycles. The summed E-state index contributed by atoms with van der Waals surface area (Å²) in [6.07, 6.45) is 0.